The van der Waals surface area contributed by atoms with Crippen LogP contribution in [0.3, 0.4) is 0 Å². The SMILES string of the molecule is CNCc1ccc(OCc2cc(F)ccc2Cl)c(OC)c1. The van der Waals surface area contributed by atoms with Crippen LogP contribution in [0.15, 0.2) is 36.4 Å². The van der Waals surface area contributed by atoms with Crippen LogP contribution in [0, 0.1) is 5.82 Å². The summed E-state index contributed by atoms with van der Waals surface area (Å²) in [6, 6.07) is 9.88. The fourth-order valence-corrected chi connectivity index (χ4v) is 2.13. The Bertz CT molecular complexity index is 619. The number of halogens is 2. The van der Waals surface area contributed by atoms with E-state index >= 15 is 0 Å². The molecule has 0 aliphatic heterocycles. The molecule has 112 valence electrons. The van der Waals surface area contributed by atoms with E-state index in [0.29, 0.717) is 22.1 Å². The van der Waals surface area contributed by atoms with Gasteiger partial charge in [0.25, 0.3) is 0 Å². The Labute approximate surface area is 128 Å². The van der Waals surface area contributed by atoms with Gasteiger partial charge in [-0.25, -0.2) is 4.39 Å². The Balaban J connectivity index is 2.14. The van der Waals surface area contributed by atoms with E-state index in [1.165, 1.54) is 18.2 Å². The highest BCUT2D eigenvalue weighted by Crippen LogP contribution is 2.29. The smallest absolute Gasteiger partial charge is 0.161 e. The summed E-state index contributed by atoms with van der Waals surface area (Å²) in [6.45, 7) is 0.921. The number of methoxy groups -OCH3 is 1. The normalized spacial score (nSPS) is 10.5. The monoisotopic (exact) mass is 309 g/mol. The van der Waals surface area contributed by atoms with Crippen molar-refractivity contribution >= 4 is 11.6 Å². The van der Waals surface area contributed by atoms with Gasteiger partial charge in [-0.1, -0.05) is 17.7 Å². The van der Waals surface area contributed by atoms with Crippen LogP contribution in [0.5, 0.6) is 11.5 Å². The minimum atomic E-state index is -0.339. The number of ether oxygens (including phenoxy) is 2. The standard InChI is InChI=1S/C16H17ClFNO2/c1-19-9-11-3-6-15(16(7-11)20-2)21-10-12-8-13(18)4-5-14(12)17/h3-8,19H,9-10H2,1-2H3. The Kier molecular flexibility index (Phi) is 5.42. The minimum absolute atomic E-state index is 0.179. The molecule has 0 aliphatic carbocycles. The molecule has 0 fully saturated rings. The highest BCUT2D eigenvalue weighted by Gasteiger charge is 2.08. The molecule has 0 spiro atoms. The molecule has 0 aliphatic rings. The maximum atomic E-state index is 13.2. The lowest BCUT2D eigenvalue weighted by Crippen LogP contribution is -2.05. The molecule has 21 heavy (non-hydrogen) atoms. The molecule has 2 aromatic rings. The van der Waals surface area contributed by atoms with Crippen molar-refractivity contribution in [1.82, 2.24) is 5.32 Å². The number of benzene rings is 2. The van der Waals surface area contributed by atoms with Crippen molar-refractivity contribution in [3.05, 3.63) is 58.4 Å². The predicted molar refractivity (Wildman–Crippen MR) is 81.5 cm³/mol. The minimum Gasteiger partial charge on any atom is -0.493 e. The first kappa shape index (κ1) is 15.6. The highest BCUT2D eigenvalue weighted by molar-refractivity contribution is 6.31. The Hall–Kier alpha value is -1.78. The lowest BCUT2D eigenvalue weighted by atomic mass is 10.2. The van der Waals surface area contributed by atoms with Crippen LogP contribution < -0.4 is 14.8 Å². The van der Waals surface area contributed by atoms with E-state index in [-0.39, 0.29) is 12.4 Å². The third kappa shape index (κ3) is 4.09. The second kappa shape index (κ2) is 7.29. The molecule has 5 heteroatoms. The summed E-state index contributed by atoms with van der Waals surface area (Å²) < 4.78 is 24.2. The van der Waals surface area contributed by atoms with Gasteiger partial charge in [0.1, 0.15) is 12.4 Å². The molecule has 0 radical (unpaired) electrons. The molecule has 0 atom stereocenters. The predicted octanol–water partition coefficient (Wildman–Crippen LogP) is 3.79. The van der Waals surface area contributed by atoms with E-state index in [4.69, 9.17) is 21.1 Å². The van der Waals surface area contributed by atoms with Gasteiger partial charge in [-0.15, -0.1) is 0 Å². The molecule has 0 amide bonds. The molecule has 0 saturated carbocycles. The second-order valence-corrected chi connectivity index (χ2v) is 4.95. The highest BCUT2D eigenvalue weighted by atomic mass is 35.5. The zero-order valence-corrected chi connectivity index (χ0v) is 12.7. The molecule has 0 unspecified atom stereocenters. The molecule has 2 rings (SSSR count). The maximum absolute atomic E-state index is 13.2. The van der Waals surface area contributed by atoms with Gasteiger partial charge in [0.15, 0.2) is 11.5 Å². The van der Waals surface area contributed by atoms with Gasteiger partial charge in [-0.3, -0.25) is 0 Å². The molecule has 2 aromatic carbocycles. The number of hydrogen-bond donors (Lipinski definition) is 1. The van der Waals surface area contributed by atoms with Gasteiger partial charge in [0.2, 0.25) is 0 Å². The van der Waals surface area contributed by atoms with Gasteiger partial charge in [-0.2, -0.15) is 0 Å². The van der Waals surface area contributed by atoms with Crippen molar-refractivity contribution in [3.63, 3.8) is 0 Å². The first-order valence-electron chi connectivity index (χ1n) is 6.52. The third-order valence-corrected chi connectivity index (χ3v) is 3.37. The summed E-state index contributed by atoms with van der Waals surface area (Å²) in [5.74, 6) is 0.891. The fourth-order valence-electron chi connectivity index (χ4n) is 1.95. The number of rotatable bonds is 6. The van der Waals surface area contributed by atoms with Crippen molar-refractivity contribution in [2.45, 2.75) is 13.2 Å². The first-order chi connectivity index (χ1) is 10.1. The topological polar surface area (TPSA) is 30.5 Å². The van der Waals surface area contributed by atoms with Crippen LogP contribution in [0.4, 0.5) is 4.39 Å². The van der Waals surface area contributed by atoms with Crippen molar-refractivity contribution in [1.29, 1.82) is 0 Å². The molecule has 0 aromatic heterocycles. The lowest BCUT2D eigenvalue weighted by Gasteiger charge is -2.13. The van der Waals surface area contributed by atoms with Crippen molar-refractivity contribution < 1.29 is 13.9 Å². The summed E-state index contributed by atoms with van der Waals surface area (Å²) in [7, 11) is 3.46. The van der Waals surface area contributed by atoms with Crippen LogP contribution in [-0.4, -0.2) is 14.2 Å². The maximum Gasteiger partial charge on any atom is 0.161 e. The molecule has 0 saturated heterocycles. The Morgan fingerprint density at radius 1 is 1.14 bits per heavy atom. The zero-order chi connectivity index (χ0) is 15.2. The van der Waals surface area contributed by atoms with Crippen molar-refractivity contribution in [2.75, 3.05) is 14.2 Å². The van der Waals surface area contributed by atoms with Crippen LogP contribution in [0.1, 0.15) is 11.1 Å². The summed E-state index contributed by atoms with van der Waals surface area (Å²) in [5, 5.41) is 3.55. The molecule has 3 nitrogen and oxygen atoms in total. The Morgan fingerprint density at radius 3 is 2.67 bits per heavy atom. The van der Waals surface area contributed by atoms with E-state index in [9.17, 15) is 4.39 Å². The number of hydrogen-bond acceptors (Lipinski definition) is 3. The summed E-state index contributed by atoms with van der Waals surface area (Å²) in [6.07, 6.45) is 0. The van der Waals surface area contributed by atoms with Crippen LogP contribution in [-0.2, 0) is 13.2 Å². The van der Waals surface area contributed by atoms with Gasteiger partial charge in [-0.05, 0) is 42.9 Å². The van der Waals surface area contributed by atoms with E-state index < -0.39 is 0 Å². The average Bonchev–Trinajstić information content (AvgIpc) is 2.49. The van der Waals surface area contributed by atoms with Gasteiger partial charge < -0.3 is 14.8 Å². The van der Waals surface area contributed by atoms with Crippen molar-refractivity contribution in [2.24, 2.45) is 0 Å². The molecule has 0 bridgehead atoms. The quantitative estimate of drug-likeness (QED) is 0.880. The lowest BCUT2D eigenvalue weighted by molar-refractivity contribution is 0.284. The molecule has 0 heterocycles. The second-order valence-electron chi connectivity index (χ2n) is 4.54. The number of nitrogens with one attached hydrogen (secondary N) is 1. The van der Waals surface area contributed by atoms with E-state index in [1.807, 2.05) is 25.2 Å². The van der Waals surface area contributed by atoms with E-state index in [2.05, 4.69) is 5.32 Å². The zero-order valence-electron chi connectivity index (χ0n) is 12.0. The van der Waals surface area contributed by atoms with Crippen molar-refractivity contribution in [3.8, 4) is 11.5 Å². The molecular weight excluding hydrogens is 293 g/mol. The van der Waals surface area contributed by atoms with E-state index in [0.717, 1.165) is 12.1 Å². The fraction of sp³-hybridized carbons (Fsp3) is 0.250. The first-order valence-corrected chi connectivity index (χ1v) is 6.90. The average molecular weight is 310 g/mol. The van der Waals surface area contributed by atoms with E-state index in [1.54, 1.807) is 7.11 Å². The molecule has 1 N–H and O–H groups in total. The van der Waals surface area contributed by atoms with Gasteiger partial charge in [0, 0.05) is 17.1 Å². The third-order valence-electron chi connectivity index (χ3n) is 3.00. The summed E-state index contributed by atoms with van der Waals surface area (Å²) in [5.41, 5.74) is 1.68. The Morgan fingerprint density at radius 2 is 1.95 bits per heavy atom. The van der Waals surface area contributed by atoms with Crippen LogP contribution in [0.25, 0.3) is 0 Å². The van der Waals surface area contributed by atoms with Crippen LogP contribution >= 0.6 is 11.6 Å². The van der Waals surface area contributed by atoms with Gasteiger partial charge in [0.05, 0.1) is 7.11 Å². The largest absolute Gasteiger partial charge is 0.493 e. The van der Waals surface area contributed by atoms with Crippen LogP contribution in [0.2, 0.25) is 5.02 Å². The van der Waals surface area contributed by atoms with Gasteiger partial charge >= 0.3 is 0 Å². The molecular formula is C16H17ClFNO2. The summed E-state index contributed by atoms with van der Waals surface area (Å²) >= 11 is 6.02. The summed E-state index contributed by atoms with van der Waals surface area (Å²) in [4.78, 5) is 0.